The number of nitrogens with zero attached hydrogens (tertiary/aromatic N) is 2. The van der Waals surface area contributed by atoms with E-state index in [-0.39, 0.29) is 0 Å². The quantitative estimate of drug-likeness (QED) is 0.682. The van der Waals surface area contributed by atoms with Gasteiger partial charge in [-0.05, 0) is 51.9 Å². The fraction of sp³-hybridized carbons (Fsp3) is 1.00. The average molecular weight is 240 g/mol. The van der Waals surface area contributed by atoms with E-state index in [0.717, 1.165) is 32.2 Å². The summed E-state index contributed by atoms with van der Waals surface area (Å²) in [5, 5.41) is 0. The zero-order valence-electron chi connectivity index (χ0n) is 11.4. The molecule has 2 rings (SSSR count). The van der Waals surface area contributed by atoms with Crippen molar-refractivity contribution in [3.63, 3.8) is 0 Å². The minimum absolute atomic E-state index is 0.939. The van der Waals surface area contributed by atoms with E-state index in [1.54, 1.807) is 0 Å². The zero-order chi connectivity index (χ0) is 11.9. The van der Waals surface area contributed by atoms with Crippen molar-refractivity contribution in [1.82, 2.24) is 9.80 Å². The summed E-state index contributed by atoms with van der Waals surface area (Å²) < 4.78 is 5.36. The van der Waals surface area contributed by atoms with Crippen LogP contribution < -0.4 is 0 Å². The molecular weight excluding hydrogens is 212 g/mol. The highest BCUT2D eigenvalue weighted by molar-refractivity contribution is 4.70. The Morgan fingerprint density at radius 2 is 1.71 bits per heavy atom. The first kappa shape index (κ1) is 13.3. The van der Waals surface area contributed by atoms with Crippen molar-refractivity contribution in [2.45, 2.75) is 32.1 Å². The van der Waals surface area contributed by atoms with Crippen LogP contribution in [0.1, 0.15) is 32.1 Å². The van der Waals surface area contributed by atoms with Crippen LogP contribution in [0.25, 0.3) is 0 Å². The molecule has 0 bridgehead atoms. The molecule has 2 heterocycles. The highest BCUT2D eigenvalue weighted by Gasteiger charge is 2.16. The van der Waals surface area contributed by atoms with Gasteiger partial charge in [-0.1, -0.05) is 12.8 Å². The molecule has 0 atom stereocenters. The molecule has 0 aromatic carbocycles. The number of hydrogen-bond acceptors (Lipinski definition) is 3. The van der Waals surface area contributed by atoms with Crippen LogP contribution in [0.5, 0.6) is 0 Å². The van der Waals surface area contributed by atoms with Crippen LogP contribution in [-0.2, 0) is 4.74 Å². The van der Waals surface area contributed by atoms with Crippen molar-refractivity contribution in [3.05, 3.63) is 0 Å². The third-order valence-electron chi connectivity index (χ3n) is 4.28. The number of ether oxygens (including phenoxy) is 1. The molecule has 0 aromatic heterocycles. The second kappa shape index (κ2) is 7.34. The SMILES string of the molecule is CN1CCC(CCCCN2CCOCC2)CC1. The Hall–Kier alpha value is -0.120. The second-order valence-electron chi connectivity index (χ2n) is 5.70. The molecule has 0 spiro atoms. The first-order valence-corrected chi connectivity index (χ1v) is 7.33. The first-order chi connectivity index (χ1) is 8.34. The van der Waals surface area contributed by atoms with Gasteiger partial charge in [0, 0.05) is 13.1 Å². The van der Waals surface area contributed by atoms with Gasteiger partial charge in [-0.2, -0.15) is 0 Å². The molecule has 3 nitrogen and oxygen atoms in total. The zero-order valence-corrected chi connectivity index (χ0v) is 11.4. The maximum Gasteiger partial charge on any atom is 0.0594 e. The summed E-state index contributed by atoms with van der Waals surface area (Å²) in [6.45, 7) is 8.09. The maximum atomic E-state index is 5.36. The lowest BCUT2D eigenvalue weighted by molar-refractivity contribution is 0.0369. The summed E-state index contributed by atoms with van der Waals surface area (Å²) in [5.74, 6) is 1.01. The van der Waals surface area contributed by atoms with Crippen LogP contribution in [0.2, 0.25) is 0 Å². The fourth-order valence-electron chi connectivity index (χ4n) is 2.94. The lowest BCUT2D eigenvalue weighted by atomic mass is 9.92. The number of unbranched alkanes of at least 4 members (excludes halogenated alkanes) is 1. The Labute approximate surface area is 106 Å². The lowest BCUT2D eigenvalue weighted by Crippen LogP contribution is -2.36. The standard InChI is InChI=1S/C14H28N2O/c1-15-8-5-14(6-9-15)4-2-3-7-16-10-12-17-13-11-16/h14H,2-13H2,1H3. The molecule has 0 saturated carbocycles. The molecule has 2 saturated heterocycles. The van der Waals surface area contributed by atoms with Crippen LogP contribution in [0.3, 0.4) is 0 Å². The van der Waals surface area contributed by atoms with Gasteiger partial charge in [-0.15, -0.1) is 0 Å². The number of likely N-dealkylation sites (tertiary alicyclic amines) is 1. The fourth-order valence-corrected chi connectivity index (χ4v) is 2.94. The summed E-state index contributed by atoms with van der Waals surface area (Å²) in [4.78, 5) is 5.02. The molecule has 2 aliphatic heterocycles. The summed E-state index contributed by atoms with van der Waals surface area (Å²) >= 11 is 0. The molecule has 2 aliphatic rings. The van der Waals surface area contributed by atoms with Gasteiger partial charge in [0.2, 0.25) is 0 Å². The smallest absolute Gasteiger partial charge is 0.0594 e. The number of hydrogen-bond donors (Lipinski definition) is 0. The molecule has 0 radical (unpaired) electrons. The molecule has 2 fully saturated rings. The van der Waals surface area contributed by atoms with E-state index in [4.69, 9.17) is 4.74 Å². The van der Waals surface area contributed by atoms with Gasteiger partial charge in [0.05, 0.1) is 13.2 Å². The van der Waals surface area contributed by atoms with Gasteiger partial charge in [0.1, 0.15) is 0 Å². The second-order valence-corrected chi connectivity index (χ2v) is 5.70. The van der Waals surface area contributed by atoms with Crippen LogP contribution in [0.4, 0.5) is 0 Å². The highest BCUT2D eigenvalue weighted by Crippen LogP contribution is 2.21. The third kappa shape index (κ3) is 4.94. The van der Waals surface area contributed by atoms with Crippen LogP contribution in [0.15, 0.2) is 0 Å². The summed E-state index contributed by atoms with van der Waals surface area (Å²) in [6.07, 6.45) is 7.11. The summed E-state index contributed by atoms with van der Waals surface area (Å²) in [6, 6.07) is 0. The Morgan fingerprint density at radius 3 is 2.41 bits per heavy atom. The van der Waals surface area contributed by atoms with Crippen molar-refractivity contribution in [2.24, 2.45) is 5.92 Å². The van der Waals surface area contributed by atoms with Gasteiger partial charge in [0.25, 0.3) is 0 Å². The van der Waals surface area contributed by atoms with Gasteiger partial charge in [-0.3, -0.25) is 4.90 Å². The van der Waals surface area contributed by atoms with E-state index in [1.807, 2.05) is 0 Å². The van der Waals surface area contributed by atoms with Crippen molar-refractivity contribution in [3.8, 4) is 0 Å². The van der Waals surface area contributed by atoms with Gasteiger partial charge >= 0.3 is 0 Å². The van der Waals surface area contributed by atoms with Crippen molar-refractivity contribution >= 4 is 0 Å². The predicted octanol–water partition coefficient (Wildman–Crippen LogP) is 1.83. The molecule has 17 heavy (non-hydrogen) atoms. The molecule has 0 unspecified atom stereocenters. The van der Waals surface area contributed by atoms with E-state index in [0.29, 0.717) is 0 Å². The molecule has 0 aromatic rings. The van der Waals surface area contributed by atoms with Crippen molar-refractivity contribution in [1.29, 1.82) is 0 Å². The van der Waals surface area contributed by atoms with Crippen LogP contribution >= 0.6 is 0 Å². The molecule has 3 heteroatoms. The summed E-state index contributed by atoms with van der Waals surface area (Å²) in [7, 11) is 2.24. The Balaban J connectivity index is 1.48. The minimum Gasteiger partial charge on any atom is -0.379 e. The Bertz CT molecular complexity index is 196. The largest absolute Gasteiger partial charge is 0.379 e. The van der Waals surface area contributed by atoms with Crippen molar-refractivity contribution < 1.29 is 4.74 Å². The first-order valence-electron chi connectivity index (χ1n) is 7.33. The topological polar surface area (TPSA) is 15.7 Å². The summed E-state index contributed by atoms with van der Waals surface area (Å²) in [5.41, 5.74) is 0. The molecule has 0 amide bonds. The van der Waals surface area contributed by atoms with Crippen LogP contribution in [0, 0.1) is 5.92 Å². The lowest BCUT2D eigenvalue weighted by Gasteiger charge is -2.29. The highest BCUT2D eigenvalue weighted by atomic mass is 16.5. The van der Waals surface area contributed by atoms with E-state index < -0.39 is 0 Å². The molecule has 0 aliphatic carbocycles. The predicted molar refractivity (Wildman–Crippen MR) is 71.3 cm³/mol. The maximum absolute atomic E-state index is 5.36. The number of piperidine rings is 1. The van der Waals surface area contributed by atoms with E-state index in [9.17, 15) is 0 Å². The van der Waals surface area contributed by atoms with Crippen LogP contribution in [-0.4, -0.2) is 62.8 Å². The van der Waals surface area contributed by atoms with E-state index in [2.05, 4.69) is 16.8 Å². The third-order valence-corrected chi connectivity index (χ3v) is 4.28. The average Bonchev–Trinajstić information content (AvgIpc) is 2.38. The normalized spacial score (nSPS) is 25.2. The Morgan fingerprint density at radius 1 is 1.00 bits per heavy atom. The number of morpholine rings is 1. The molecule has 0 N–H and O–H groups in total. The van der Waals surface area contributed by atoms with Gasteiger partial charge in [0.15, 0.2) is 0 Å². The minimum atomic E-state index is 0.939. The van der Waals surface area contributed by atoms with E-state index >= 15 is 0 Å². The van der Waals surface area contributed by atoms with Gasteiger partial charge < -0.3 is 9.64 Å². The Kier molecular flexibility index (Phi) is 5.75. The monoisotopic (exact) mass is 240 g/mol. The number of rotatable bonds is 5. The molecular formula is C14H28N2O. The molecule has 100 valence electrons. The van der Waals surface area contributed by atoms with Crippen molar-refractivity contribution in [2.75, 3.05) is 53.0 Å². The van der Waals surface area contributed by atoms with Gasteiger partial charge in [-0.25, -0.2) is 0 Å². The van der Waals surface area contributed by atoms with E-state index in [1.165, 1.54) is 51.7 Å².